The van der Waals surface area contributed by atoms with Crippen molar-refractivity contribution in [1.29, 1.82) is 0 Å². The quantitative estimate of drug-likeness (QED) is 0.782. The van der Waals surface area contributed by atoms with E-state index in [0.717, 1.165) is 11.8 Å². The van der Waals surface area contributed by atoms with Crippen LogP contribution in [0.25, 0.3) is 11.1 Å². The van der Waals surface area contributed by atoms with Gasteiger partial charge in [0.1, 0.15) is 11.9 Å². The zero-order chi connectivity index (χ0) is 19.7. The Kier molecular flexibility index (Phi) is 5.09. The molecule has 6 nitrogen and oxygen atoms in total. The number of hydrogen-bond donors (Lipinski definition) is 2. The first-order valence-corrected chi connectivity index (χ1v) is 8.78. The molecule has 0 aliphatic carbocycles. The monoisotopic (exact) mass is 387 g/mol. The molecule has 1 heterocycles. The summed E-state index contributed by atoms with van der Waals surface area (Å²) in [6, 6.07) is 9.36. The smallest absolute Gasteiger partial charge is 0.325 e. The Morgan fingerprint density at radius 3 is 2.52 bits per heavy atom. The van der Waals surface area contributed by atoms with E-state index in [1.165, 1.54) is 25.1 Å². The van der Waals surface area contributed by atoms with E-state index in [2.05, 4.69) is 5.32 Å². The largest absolute Gasteiger partial charge is 0.480 e. The second-order valence-corrected chi connectivity index (χ2v) is 7.05. The number of aliphatic carboxylic acids is 1. The lowest BCUT2D eigenvalue weighted by Crippen LogP contribution is -2.46. The van der Waals surface area contributed by atoms with Crippen molar-refractivity contribution < 1.29 is 28.7 Å². The second kappa shape index (κ2) is 7.32. The maximum atomic E-state index is 13.4. The SMILES string of the molecule is C[C@H](NC(=O)C1C(=O)Sc2cc(-c3cccc(F)c3)ccc2C1=O)C(=O)O. The number of Topliss-reactive ketones (excluding diaryl/α,β-unsaturated/α-hetero) is 1. The number of halogens is 1. The molecule has 1 amide bonds. The molecule has 0 fully saturated rings. The number of thioether (sulfide) groups is 1. The zero-order valence-corrected chi connectivity index (χ0v) is 14.9. The van der Waals surface area contributed by atoms with E-state index in [1.807, 2.05) is 0 Å². The molecule has 27 heavy (non-hydrogen) atoms. The molecule has 1 aliphatic rings. The molecular formula is C19H14FNO5S. The van der Waals surface area contributed by atoms with Gasteiger partial charge in [0.05, 0.1) is 0 Å². The van der Waals surface area contributed by atoms with Crippen molar-refractivity contribution in [1.82, 2.24) is 5.32 Å². The summed E-state index contributed by atoms with van der Waals surface area (Å²) in [7, 11) is 0. The lowest BCUT2D eigenvalue weighted by atomic mass is 9.94. The summed E-state index contributed by atoms with van der Waals surface area (Å²) in [6.07, 6.45) is 0. The van der Waals surface area contributed by atoms with Gasteiger partial charge in [0.2, 0.25) is 11.0 Å². The average Bonchev–Trinajstić information content (AvgIpc) is 2.61. The van der Waals surface area contributed by atoms with Gasteiger partial charge in [-0.3, -0.25) is 19.2 Å². The first kappa shape index (κ1) is 18.8. The Morgan fingerprint density at radius 2 is 1.85 bits per heavy atom. The second-order valence-electron chi connectivity index (χ2n) is 6.01. The van der Waals surface area contributed by atoms with E-state index in [4.69, 9.17) is 5.11 Å². The lowest BCUT2D eigenvalue weighted by molar-refractivity contribution is -0.142. The predicted octanol–water partition coefficient (Wildman–Crippen LogP) is 2.51. The van der Waals surface area contributed by atoms with Gasteiger partial charge in [-0.1, -0.05) is 18.2 Å². The number of carbonyl (C=O) groups excluding carboxylic acids is 3. The topological polar surface area (TPSA) is 101 Å². The molecule has 138 valence electrons. The van der Waals surface area contributed by atoms with Gasteiger partial charge in [-0.15, -0.1) is 0 Å². The van der Waals surface area contributed by atoms with Gasteiger partial charge < -0.3 is 10.4 Å². The van der Waals surface area contributed by atoms with Crippen LogP contribution in [0.2, 0.25) is 0 Å². The molecule has 0 saturated carbocycles. The van der Waals surface area contributed by atoms with Gasteiger partial charge in [-0.25, -0.2) is 4.39 Å². The van der Waals surface area contributed by atoms with Gasteiger partial charge >= 0.3 is 5.97 Å². The highest BCUT2D eigenvalue weighted by Gasteiger charge is 2.41. The summed E-state index contributed by atoms with van der Waals surface area (Å²) in [4.78, 5) is 48.4. The third-order valence-electron chi connectivity index (χ3n) is 4.10. The molecule has 0 aromatic heterocycles. The minimum Gasteiger partial charge on any atom is -0.480 e. The van der Waals surface area contributed by atoms with Crippen LogP contribution in [0.15, 0.2) is 47.4 Å². The van der Waals surface area contributed by atoms with Crippen LogP contribution in [0.1, 0.15) is 17.3 Å². The number of nitrogens with one attached hydrogen (secondary N) is 1. The molecule has 1 aliphatic heterocycles. The zero-order valence-electron chi connectivity index (χ0n) is 14.1. The van der Waals surface area contributed by atoms with Crippen LogP contribution in [-0.2, 0) is 14.4 Å². The fraction of sp³-hybridized carbons (Fsp3) is 0.158. The van der Waals surface area contributed by atoms with Gasteiger partial charge in [-0.2, -0.15) is 0 Å². The van der Waals surface area contributed by atoms with Crippen LogP contribution in [0.4, 0.5) is 4.39 Å². The number of ketones is 1. The average molecular weight is 387 g/mol. The van der Waals surface area contributed by atoms with E-state index in [1.54, 1.807) is 24.3 Å². The number of amides is 1. The molecule has 0 spiro atoms. The predicted molar refractivity (Wildman–Crippen MR) is 95.8 cm³/mol. The fourth-order valence-electron chi connectivity index (χ4n) is 2.67. The Bertz CT molecular complexity index is 974. The maximum Gasteiger partial charge on any atom is 0.325 e. The standard InChI is InChI=1S/C19H14FNO5S/c1-9(18(24)25)21-17(23)15-16(22)13-6-5-11(8-14(13)27-19(15)26)10-3-2-4-12(20)7-10/h2-9,15H,1H3,(H,21,23)(H,24,25)/t9-,15?/m0/s1. The molecule has 0 radical (unpaired) electrons. The van der Waals surface area contributed by atoms with Gasteiger partial charge in [0.25, 0.3) is 0 Å². The van der Waals surface area contributed by atoms with Gasteiger partial charge in [-0.05, 0) is 54.1 Å². The van der Waals surface area contributed by atoms with Gasteiger partial charge in [0, 0.05) is 10.5 Å². The molecule has 2 N–H and O–H groups in total. The number of hydrogen-bond acceptors (Lipinski definition) is 5. The van der Waals surface area contributed by atoms with E-state index in [-0.39, 0.29) is 5.56 Å². The number of fused-ring (bicyclic) bond motifs is 1. The number of carboxylic acids is 1. The van der Waals surface area contributed by atoms with Crippen molar-refractivity contribution in [2.75, 3.05) is 0 Å². The Hall–Kier alpha value is -3.00. The summed E-state index contributed by atoms with van der Waals surface area (Å²) >= 11 is 0.739. The van der Waals surface area contributed by atoms with E-state index in [9.17, 15) is 23.6 Å². The van der Waals surface area contributed by atoms with Crippen LogP contribution in [0, 0.1) is 11.7 Å². The van der Waals surface area contributed by atoms with E-state index < -0.39 is 40.6 Å². The fourth-order valence-corrected chi connectivity index (χ4v) is 3.69. The van der Waals surface area contributed by atoms with Crippen LogP contribution in [-0.4, -0.2) is 33.9 Å². The number of carbonyl (C=O) groups is 4. The van der Waals surface area contributed by atoms with Crippen molar-refractivity contribution in [2.45, 2.75) is 17.9 Å². The Morgan fingerprint density at radius 1 is 1.15 bits per heavy atom. The van der Waals surface area contributed by atoms with Crippen molar-refractivity contribution in [3.63, 3.8) is 0 Å². The Balaban J connectivity index is 1.90. The summed E-state index contributed by atoms with van der Waals surface area (Å²) in [5.74, 6) is -4.90. The third kappa shape index (κ3) is 3.75. The van der Waals surface area contributed by atoms with Crippen LogP contribution in [0.3, 0.4) is 0 Å². The summed E-state index contributed by atoms with van der Waals surface area (Å²) in [6.45, 7) is 1.24. The molecule has 8 heteroatoms. The molecule has 0 saturated heterocycles. The molecule has 2 atom stereocenters. The molecule has 1 unspecified atom stereocenters. The molecule has 0 bridgehead atoms. The summed E-state index contributed by atoms with van der Waals surface area (Å²) in [5, 5.41) is 10.3. The maximum absolute atomic E-state index is 13.4. The van der Waals surface area contributed by atoms with Crippen molar-refractivity contribution in [3.05, 3.63) is 53.8 Å². The molecule has 2 aromatic rings. The van der Waals surface area contributed by atoms with Crippen molar-refractivity contribution in [3.8, 4) is 11.1 Å². The highest BCUT2D eigenvalue weighted by molar-refractivity contribution is 8.14. The minimum absolute atomic E-state index is 0.197. The molecule has 2 aromatic carbocycles. The molecule has 3 rings (SSSR count). The number of carboxylic acid groups (broad SMARTS) is 1. The minimum atomic E-state index is -1.59. The van der Waals surface area contributed by atoms with Gasteiger partial charge in [0.15, 0.2) is 11.7 Å². The van der Waals surface area contributed by atoms with Crippen LogP contribution < -0.4 is 5.32 Å². The highest BCUT2D eigenvalue weighted by Crippen LogP contribution is 2.37. The number of benzene rings is 2. The third-order valence-corrected chi connectivity index (χ3v) is 5.10. The van der Waals surface area contributed by atoms with Crippen molar-refractivity contribution in [2.24, 2.45) is 5.92 Å². The normalized spacial score (nSPS) is 17.2. The number of rotatable bonds is 4. The first-order valence-electron chi connectivity index (χ1n) is 7.97. The first-order chi connectivity index (χ1) is 12.8. The van der Waals surface area contributed by atoms with E-state index >= 15 is 0 Å². The highest BCUT2D eigenvalue weighted by atomic mass is 32.2. The lowest BCUT2D eigenvalue weighted by Gasteiger charge is -2.22. The summed E-state index contributed by atoms with van der Waals surface area (Å²) in [5.41, 5.74) is 1.42. The van der Waals surface area contributed by atoms with Crippen LogP contribution >= 0.6 is 11.8 Å². The van der Waals surface area contributed by atoms with Crippen LogP contribution in [0.5, 0.6) is 0 Å². The Labute approximate surface area is 157 Å². The van der Waals surface area contributed by atoms with Crippen molar-refractivity contribution >= 4 is 34.5 Å². The van der Waals surface area contributed by atoms with E-state index in [0.29, 0.717) is 16.0 Å². The summed E-state index contributed by atoms with van der Waals surface area (Å²) < 4.78 is 13.4. The molecular weight excluding hydrogens is 373 g/mol.